The molecule has 0 saturated carbocycles. The van der Waals surface area contributed by atoms with Crippen LogP contribution in [0.25, 0.3) is 17.0 Å². The Morgan fingerprint density at radius 3 is 2.76 bits per heavy atom. The second kappa shape index (κ2) is 12.5. The summed E-state index contributed by atoms with van der Waals surface area (Å²) in [4.78, 5) is 36.5. The standard InChI is InChI=1S/C33H41N3O5/c1-22-25(27-9-5-6-10-28(27)34-22)18-19-36(32(38)40-33(2,3)4)29-16-14-24-21-23(12-15-26(24)29)13-17-30(37)35-41-31-11-7-8-20-39-31/h5-6,9-10,12-13,15,17,21,29,31,34H,7-8,11,14,16,18-20H2,1-4H3,(H,35,37)/b17-13+. The van der Waals surface area contributed by atoms with E-state index in [1.807, 2.05) is 43.9 Å². The highest BCUT2D eigenvalue weighted by atomic mass is 16.8. The molecule has 8 nitrogen and oxygen atoms in total. The quantitative estimate of drug-likeness (QED) is 0.242. The normalized spacial score (nSPS) is 18.9. The van der Waals surface area contributed by atoms with Crippen LogP contribution in [0.1, 0.15) is 80.4 Å². The molecule has 2 heterocycles. The van der Waals surface area contributed by atoms with Crippen molar-refractivity contribution in [3.8, 4) is 0 Å². The highest BCUT2D eigenvalue weighted by Crippen LogP contribution is 2.38. The van der Waals surface area contributed by atoms with Gasteiger partial charge in [0.2, 0.25) is 0 Å². The summed E-state index contributed by atoms with van der Waals surface area (Å²) >= 11 is 0. The maximum atomic E-state index is 13.5. The zero-order chi connectivity index (χ0) is 29.0. The van der Waals surface area contributed by atoms with Gasteiger partial charge in [0.1, 0.15) is 5.60 Å². The van der Waals surface area contributed by atoms with Crippen molar-refractivity contribution in [1.29, 1.82) is 0 Å². The van der Waals surface area contributed by atoms with Gasteiger partial charge < -0.3 is 19.4 Å². The molecule has 1 saturated heterocycles. The first-order valence-electron chi connectivity index (χ1n) is 14.6. The van der Waals surface area contributed by atoms with Crippen molar-refractivity contribution in [2.45, 2.75) is 84.2 Å². The third-order valence-electron chi connectivity index (χ3n) is 7.70. The predicted molar refractivity (Wildman–Crippen MR) is 159 cm³/mol. The maximum Gasteiger partial charge on any atom is 0.410 e. The fourth-order valence-corrected chi connectivity index (χ4v) is 5.76. The average Bonchev–Trinajstić information content (AvgIpc) is 3.50. The van der Waals surface area contributed by atoms with Gasteiger partial charge in [0.15, 0.2) is 6.29 Å². The smallest absolute Gasteiger partial charge is 0.410 e. The summed E-state index contributed by atoms with van der Waals surface area (Å²) in [6.07, 6.45) is 7.79. The molecule has 41 heavy (non-hydrogen) atoms. The van der Waals surface area contributed by atoms with Gasteiger partial charge in [0, 0.05) is 42.2 Å². The van der Waals surface area contributed by atoms with Crippen molar-refractivity contribution < 1.29 is 23.9 Å². The number of rotatable bonds is 8. The number of carbonyl (C=O) groups is 2. The highest BCUT2D eigenvalue weighted by molar-refractivity contribution is 5.91. The van der Waals surface area contributed by atoms with Crippen LogP contribution >= 0.6 is 0 Å². The number of ether oxygens (including phenoxy) is 2. The lowest BCUT2D eigenvalue weighted by molar-refractivity contribution is -0.198. The Labute approximate surface area is 242 Å². The number of nitrogens with one attached hydrogen (secondary N) is 2. The third kappa shape index (κ3) is 7.18. The van der Waals surface area contributed by atoms with Crippen LogP contribution in [0.3, 0.4) is 0 Å². The van der Waals surface area contributed by atoms with E-state index in [4.69, 9.17) is 14.3 Å². The Kier molecular flexibility index (Phi) is 8.80. The Balaban J connectivity index is 1.29. The number of aromatic amines is 1. The molecule has 1 fully saturated rings. The van der Waals surface area contributed by atoms with Crippen molar-refractivity contribution in [2.75, 3.05) is 13.2 Å². The van der Waals surface area contributed by atoms with E-state index < -0.39 is 5.60 Å². The second-order valence-corrected chi connectivity index (χ2v) is 11.9. The molecule has 2 aromatic carbocycles. The first-order valence-corrected chi connectivity index (χ1v) is 14.6. The molecule has 2 amide bonds. The minimum atomic E-state index is -0.588. The summed E-state index contributed by atoms with van der Waals surface area (Å²) in [6, 6.07) is 14.4. The van der Waals surface area contributed by atoms with Crippen LogP contribution in [0.4, 0.5) is 4.79 Å². The van der Waals surface area contributed by atoms with Crippen LogP contribution in [-0.4, -0.2) is 46.9 Å². The number of hydrogen-bond donors (Lipinski definition) is 2. The molecule has 3 aromatic rings. The molecule has 2 unspecified atom stereocenters. The Bertz CT molecular complexity index is 1410. The first kappa shape index (κ1) is 28.9. The molecule has 1 aliphatic heterocycles. The Morgan fingerprint density at radius 2 is 1.98 bits per heavy atom. The molecule has 0 bridgehead atoms. The third-order valence-corrected chi connectivity index (χ3v) is 7.70. The van der Waals surface area contributed by atoms with Crippen molar-refractivity contribution >= 4 is 29.0 Å². The van der Waals surface area contributed by atoms with Gasteiger partial charge >= 0.3 is 6.09 Å². The van der Waals surface area contributed by atoms with Crippen LogP contribution in [-0.2, 0) is 31.9 Å². The summed E-state index contributed by atoms with van der Waals surface area (Å²) < 4.78 is 11.4. The van der Waals surface area contributed by atoms with E-state index in [-0.39, 0.29) is 24.3 Å². The molecule has 1 aromatic heterocycles. The average molecular weight is 560 g/mol. The van der Waals surface area contributed by atoms with Crippen LogP contribution < -0.4 is 5.48 Å². The van der Waals surface area contributed by atoms with Crippen LogP contribution in [0.5, 0.6) is 0 Å². The predicted octanol–water partition coefficient (Wildman–Crippen LogP) is 6.53. The van der Waals surface area contributed by atoms with Crippen molar-refractivity contribution in [3.05, 3.63) is 76.5 Å². The second-order valence-electron chi connectivity index (χ2n) is 11.9. The summed E-state index contributed by atoms with van der Waals surface area (Å²) in [5.74, 6) is -0.332. The number of H-pyrrole nitrogens is 1. The van der Waals surface area contributed by atoms with Crippen LogP contribution in [0.15, 0.2) is 48.5 Å². The number of aromatic nitrogens is 1. The van der Waals surface area contributed by atoms with E-state index >= 15 is 0 Å². The number of benzene rings is 2. The molecule has 2 N–H and O–H groups in total. The zero-order valence-electron chi connectivity index (χ0n) is 24.5. The van der Waals surface area contributed by atoms with Gasteiger partial charge in [-0.05, 0) is 94.2 Å². The van der Waals surface area contributed by atoms with E-state index in [2.05, 4.69) is 41.7 Å². The van der Waals surface area contributed by atoms with Gasteiger partial charge in [-0.3, -0.25) is 4.79 Å². The van der Waals surface area contributed by atoms with E-state index in [1.165, 1.54) is 22.6 Å². The van der Waals surface area contributed by atoms with Gasteiger partial charge in [-0.15, -0.1) is 0 Å². The zero-order valence-corrected chi connectivity index (χ0v) is 24.5. The lowest BCUT2D eigenvalue weighted by atomic mass is 10.0. The van der Waals surface area contributed by atoms with E-state index in [9.17, 15) is 9.59 Å². The van der Waals surface area contributed by atoms with Crippen LogP contribution in [0, 0.1) is 6.92 Å². The highest BCUT2D eigenvalue weighted by Gasteiger charge is 2.34. The molecule has 218 valence electrons. The Morgan fingerprint density at radius 1 is 1.15 bits per heavy atom. The van der Waals surface area contributed by atoms with Gasteiger partial charge in [-0.1, -0.05) is 36.4 Å². The largest absolute Gasteiger partial charge is 0.444 e. The summed E-state index contributed by atoms with van der Waals surface area (Å²) in [5, 5.41) is 1.19. The molecular formula is C33H41N3O5. The molecule has 0 radical (unpaired) electrons. The molecule has 5 rings (SSSR count). The number of aryl methyl sites for hydroxylation is 2. The topological polar surface area (TPSA) is 92.9 Å². The van der Waals surface area contributed by atoms with Crippen molar-refractivity contribution in [3.63, 3.8) is 0 Å². The van der Waals surface area contributed by atoms with Crippen molar-refractivity contribution in [1.82, 2.24) is 15.4 Å². The van der Waals surface area contributed by atoms with Crippen molar-refractivity contribution in [2.24, 2.45) is 0 Å². The van der Waals surface area contributed by atoms with Crippen LogP contribution in [0.2, 0.25) is 0 Å². The van der Waals surface area contributed by atoms with Gasteiger partial charge in [0.25, 0.3) is 5.91 Å². The first-order chi connectivity index (χ1) is 19.7. The number of carbonyl (C=O) groups excluding carboxylic acids is 2. The Hall–Kier alpha value is -3.62. The number of nitrogens with zero attached hydrogens (tertiary/aromatic N) is 1. The molecule has 1 aliphatic carbocycles. The maximum absolute atomic E-state index is 13.5. The summed E-state index contributed by atoms with van der Waals surface area (Å²) in [7, 11) is 0. The van der Waals surface area contributed by atoms with Gasteiger partial charge in [-0.25, -0.2) is 15.1 Å². The SMILES string of the molecule is Cc1[nH]c2ccccc2c1CCN(C(=O)OC(C)(C)C)C1CCc2cc(/C=C/C(=O)NOC3CCCCO3)ccc21. The van der Waals surface area contributed by atoms with Gasteiger partial charge in [0.05, 0.1) is 6.04 Å². The fraction of sp³-hybridized carbons (Fsp3) is 0.455. The molecule has 2 aliphatic rings. The summed E-state index contributed by atoms with van der Waals surface area (Å²) in [6.45, 7) is 8.99. The number of para-hydroxylation sites is 1. The van der Waals surface area contributed by atoms with E-state index in [0.29, 0.717) is 13.2 Å². The lowest BCUT2D eigenvalue weighted by Gasteiger charge is -2.32. The fourth-order valence-electron chi connectivity index (χ4n) is 5.76. The number of fused-ring (bicyclic) bond motifs is 2. The number of amides is 2. The van der Waals surface area contributed by atoms with E-state index in [0.717, 1.165) is 60.9 Å². The summed E-state index contributed by atoms with van der Waals surface area (Å²) in [5.41, 5.74) is 8.57. The molecule has 2 atom stereocenters. The molecule has 0 spiro atoms. The minimum Gasteiger partial charge on any atom is -0.444 e. The minimum absolute atomic E-state index is 0.0735. The lowest BCUT2D eigenvalue weighted by Crippen LogP contribution is -2.40. The number of hydroxylamine groups is 1. The monoisotopic (exact) mass is 559 g/mol. The van der Waals surface area contributed by atoms with E-state index in [1.54, 1.807) is 6.08 Å². The molecule has 8 heteroatoms. The molecular weight excluding hydrogens is 518 g/mol. The number of hydrogen-bond acceptors (Lipinski definition) is 5. The van der Waals surface area contributed by atoms with Gasteiger partial charge in [-0.2, -0.15) is 0 Å².